The van der Waals surface area contributed by atoms with Gasteiger partial charge in [0, 0.05) is 18.3 Å². The first-order valence-corrected chi connectivity index (χ1v) is 9.27. The number of aliphatic hydroxyl groups excluding tert-OH is 1. The van der Waals surface area contributed by atoms with Crippen LogP contribution in [0.15, 0.2) is 29.3 Å². The molecular weight excluding hydrogens is 358 g/mol. The maximum Gasteiger partial charge on any atom is 0.231 e. The van der Waals surface area contributed by atoms with Crippen molar-refractivity contribution in [2.24, 2.45) is 4.99 Å². The molecule has 0 atom stereocenters. The van der Waals surface area contributed by atoms with Crippen molar-refractivity contribution >= 4 is 17.9 Å². The normalized spacial score (nSPS) is 17.8. The van der Waals surface area contributed by atoms with Crippen LogP contribution in [0.25, 0.3) is 11.6 Å². The molecular formula is C22H23NO5. The first-order chi connectivity index (χ1) is 13.7. The number of nitrogens with zero attached hydrogens (tertiary/aromatic N) is 1. The zero-order chi connectivity index (χ0) is 19.5. The number of ether oxygens (including phenoxy) is 4. The summed E-state index contributed by atoms with van der Waals surface area (Å²) < 4.78 is 22.3. The SMILES string of the molecule is COc1ccc2c(c1OCCO)/C=N/CCc1cc3c(cc1/C(C)=C/2)OCO3. The van der Waals surface area contributed by atoms with Gasteiger partial charge in [0.25, 0.3) is 0 Å². The van der Waals surface area contributed by atoms with Crippen molar-refractivity contribution < 1.29 is 24.1 Å². The van der Waals surface area contributed by atoms with E-state index >= 15 is 0 Å². The third kappa shape index (κ3) is 3.43. The van der Waals surface area contributed by atoms with Crippen molar-refractivity contribution in [1.82, 2.24) is 0 Å². The highest BCUT2D eigenvalue weighted by Crippen LogP contribution is 2.39. The lowest BCUT2D eigenvalue weighted by Crippen LogP contribution is -2.07. The molecule has 0 aliphatic carbocycles. The highest BCUT2D eigenvalue weighted by atomic mass is 16.7. The Kier molecular flexibility index (Phi) is 5.21. The number of hydrogen-bond donors (Lipinski definition) is 1. The Labute approximate surface area is 164 Å². The van der Waals surface area contributed by atoms with Crippen molar-refractivity contribution in [3.05, 3.63) is 46.5 Å². The van der Waals surface area contributed by atoms with Crippen LogP contribution in [0.2, 0.25) is 0 Å². The van der Waals surface area contributed by atoms with Gasteiger partial charge in [0.1, 0.15) is 6.61 Å². The molecule has 0 amide bonds. The molecule has 0 unspecified atom stereocenters. The molecule has 0 radical (unpaired) electrons. The smallest absolute Gasteiger partial charge is 0.231 e. The molecule has 0 fully saturated rings. The lowest BCUT2D eigenvalue weighted by Gasteiger charge is -2.17. The Hall–Kier alpha value is -2.99. The molecule has 2 aliphatic heterocycles. The predicted molar refractivity (Wildman–Crippen MR) is 108 cm³/mol. The fourth-order valence-electron chi connectivity index (χ4n) is 3.52. The molecule has 0 aromatic heterocycles. The van der Waals surface area contributed by atoms with Crippen LogP contribution in [0.4, 0.5) is 0 Å². The number of aliphatic hydroxyl groups is 1. The second-order valence-corrected chi connectivity index (χ2v) is 6.65. The van der Waals surface area contributed by atoms with Gasteiger partial charge in [0.05, 0.1) is 13.7 Å². The second kappa shape index (κ2) is 7.94. The molecule has 146 valence electrons. The van der Waals surface area contributed by atoms with Gasteiger partial charge in [-0.15, -0.1) is 0 Å². The van der Waals surface area contributed by atoms with E-state index in [-0.39, 0.29) is 20.0 Å². The van der Waals surface area contributed by atoms with Crippen molar-refractivity contribution in [3.63, 3.8) is 0 Å². The van der Waals surface area contributed by atoms with E-state index in [1.165, 1.54) is 5.56 Å². The molecule has 2 heterocycles. The molecule has 0 saturated heterocycles. The van der Waals surface area contributed by atoms with Crippen LogP contribution in [0.3, 0.4) is 0 Å². The molecule has 0 bridgehead atoms. The van der Waals surface area contributed by atoms with Gasteiger partial charge in [-0.3, -0.25) is 4.99 Å². The minimum absolute atomic E-state index is 0.0701. The molecule has 6 heteroatoms. The van der Waals surface area contributed by atoms with Crippen LogP contribution < -0.4 is 18.9 Å². The van der Waals surface area contributed by atoms with Crippen molar-refractivity contribution in [2.45, 2.75) is 13.3 Å². The summed E-state index contributed by atoms with van der Waals surface area (Å²) in [5.41, 5.74) is 5.24. The topological polar surface area (TPSA) is 69.5 Å². The van der Waals surface area contributed by atoms with E-state index in [1.807, 2.05) is 24.4 Å². The highest BCUT2D eigenvalue weighted by molar-refractivity contribution is 5.94. The van der Waals surface area contributed by atoms with Crippen LogP contribution in [-0.4, -0.2) is 45.0 Å². The van der Waals surface area contributed by atoms with E-state index in [9.17, 15) is 5.11 Å². The predicted octanol–water partition coefficient (Wildman–Crippen LogP) is 3.33. The van der Waals surface area contributed by atoms with Crippen molar-refractivity contribution in [3.8, 4) is 23.0 Å². The van der Waals surface area contributed by atoms with Gasteiger partial charge in [-0.1, -0.05) is 12.1 Å². The Morgan fingerprint density at radius 2 is 2.00 bits per heavy atom. The van der Waals surface area contributed by atoms with Crippen LogP contribution in [0, 0.1) is 0 Å². The van der Waals surface area contributed by atoms with Crippen LogP contribution >= 0.6 is 0 Å². The molecule has 2 aromatic carbocycles. The fourth-order valence-corrected chi connectivity index (χ4v) is 3.52. The number of rotatable bonds is 4. The van der Waals surface area contributed by atoms with E-state index in [0.29, 0.717) is 18.0 Å². The van der Waals surface area contributed by atoms with Gasteiger partial charge in [-0.05, 0) is 53.8 Å². The summed E-state index contributed by atoms with van der Waals surface area (Å²) in [5.74, 6) is 2.77. The Morgan fingerprint density at radius 1 is 1.18 bits per heavy atom. The number of hydrogen-bond acceptors (Lipinski definition) is 6. The number of benzene rings is 2. The lowest BCUT2D eigenvalue weighted by molar-refractivity contribution is 0.174. The van der Waals surface area contributed by atoms with E-state index in [1.54, 1.807) is 7.11 Å². The van der Waals surface area contributed by atoms with E-state index in [2.05, 4.69) is 24.1 Å². The van der Waals surface area contributed by atoms with Gasteiger partial charge >= 0.3 is 0 Å². The summed E-state index contributed by atoms with van der Waals surface area (Å²) in [6.45, 7) is 3.10. The van der Waals surface area contributed by atoms with Gasteiger partial charge in [-0.25, -0.2) is 0 Å². The van der Waals surface area contributed by atoms with Crippen molar-refractivity contribution in [1.29, 1.82) is 0 Å². The number of allylic oxidation sites excluding steroid dienone is 1. The first-order valence-electron chi connectivity index (χ1n) is 9.27. The second-order valence-electron chi connectivity index (χ2n) is 6.65. The third-order valence-electron chi connectivity index (χ3n) is 4.88. The van der Waals surface area contributed by atoms with Gasteiger partial charge in [0.2, 0.25) is 6.79 Å². The Bertz CT molecular complexity index is 948. The summed E-state index contributed by atoms with van der Waals surface area (Å²) in [4.78, 5) is 4.61. The average molecular weight is 381 g/mol. The summed E-state index contributed by atoms with van der Waals surface area (Å²) in [5, 5.41) is 9.17. The number of fused-ring (bicyclic) bond motifs is 3. The summed E-state index contributed by atoms with van der Waals surface area (Å²) in [6.07, 6.45) is 4.73. The standard InChI is InChI=1S/C22H23NO5/c1-14-9-15-3-4-19(25-2)22(26-8-7-24)18(15)12-23-6-5-16-10-20-21(11-17(14)16)28-13-27-20/h3-4,9-12,24H,5-8,13H2,1-2H3/b14-9+,23-12+. The molecule has 6 nitrogen and oxygen atoms in total. The van der Waals surface area contributed by atoms with E-state index in [0.717, 1.165) is 40.2 Å². The van der Waals surface area contributed by atoms with Crippen LogP contribution in [-0.2, 0) is 6.42 Å². The zero-order valence-corrected chi connectivity index (χ0v) is 16.0. The van der Waals surface area contributed by atoms with Crippen LogP contribution in [0.5, 0.6) is 23.0 Å². The molecule has 1 N–H and O–H groups in total. The van der Waals surface area contributed by atoms with E-state index < -0.39 is 0 Å². The Morgan fingerprint density at radius 3 is 2.79 bits per heavy atom. The van der Waals surface area contributed by atoms with Crippen LogP contribution in [0.1, 0.15) is 29.2 Å². The molecule has 0 spiro atoms. The molecule has 28 heavy (non-hydrogen) atoms. The molecule has 0 saturated carbocycles. The fraction of sp³-hybridized carbons (Fsp3) is 0.318. The Balaban J connectivity index is 1.85. The minimum Gasteiger partial charge on any atom is -0.493 e. The average Bonchev–Trinajstić information content (AvgIpc) is 3.17. The quantitative estimate of drug-likeness (QED) is 0.880. The third-order valence-corrected chi connectivity index (χ3v) is 4.88. The maximum atomic E-state index is 9.17. The van der Waals surface area contributed by atoms with Gasteiger partial charge < -0.3 is 24.1 Å². The monoisotopic (exact) mass is 381 g/mol. The molecule has 4 rings (SSSR count). The van der Waals surface area contributed by atoms with Crippen molar-refractivity contribution in [2.75, 3.05) is 33.7 Å². The van der Waals surface area contributed by atoms with Gasteiger partial charge in [0.15, 0.2) is 23.0 Å². The first kappa shape index (κ1) is 18.4. The largest absolute Gasteiger partial charge is 0.493 e. The summed E-state index contributed by atoms with van der Waals surface area (Å²) in [7, 11) is 1.60. The van der Waals surface area contributed by atoms with Gasteiger partial charge in [-0.2, -0.15) is 0 Å². The molecule has 2 aromatic rings. The highest BCUT2D eigenvalue weighted by Gasteiger charge is 2.19. The number of methoxy groups -OCH3 is 1. The summed E-state index contributed by atoms with van der Waals surface area (Å²) >= 11 is 0. The minimum atomic E-state index is -0.0701. The van der Waals surface area contributed by atoms with E-state index in [4.69, 9.17) is 18.9 Å². The lowest BCUT2D eigenvalue weighted by atomic mass is 9.94. The molecule has 2 aliphatic rings. The zero-order valence-electron chi connectivity index (χ0n) is 16.0. The summed E-state index contributed by atoms with van der Waals surface area (Å²) in [6, 6.07) is 7.96. The number of aliphatic imine (C=N–C) groups is 1. The maximum absolute atomic E-state index is 9.17.